The van der Waals surface area contributed by atoms with E-state index < -0.39 is 0 Å². The Morgan fingerprint density at radius 3 is 2.83 bits per heavy atom. The Morgan fingerprint density at radius 1 is 1.50 bits per heavy atom. The highest BCUT2D eigenvalue weighted by atomic mass is 16.1. The predicted octanol–water partition coefficient (Wildman–Crippen LogP) is 2.43. The molecule has 18 heavy (non-hydrogen) atoms. The first-order chi connectivity index (χ1) is 8.71. The zero-order chi connectivity index (χ0) is 13.0. The molecule has 98 valence electrons. The van der Waals surface area contributed by atoms with Crippen molar-refractivity contribution in [1.82, 2.24) is 10.3 Å². The van der Waals surface area contributed by atoms with Gasteiger partial charge in [0.25, 0.3) is 5.91 Å². The number of hydrogen-bond donors (Lipinski definition) is 2. The zero-order valence-electron chi connectivity index (χ0n) is 11.1. The summed E-state index contributed by atoms with van der Waals surface area (Å²) in [6.07, 6.45) is 8.23. The predicted molar refractivity (Wildman–Crippen MR) is 72.7 cm³/mol. The fraction of sp³-hybridized carbons (Fsp3) is 0.571. The number of hydrogen-bond acceptors (Lipinski definition) is 3. The summed E-state index contributed by atoms with van der Waals surface area (Å²) in [7, 11) is 1.80. The van der Waals surface area contributed by atoms with E-state index in [9.17, 15) is 4.79 Å². The quantitative estimate of drug-likeness (QED) is 0.840. The number of nitrogens with one attached hydrogen (secondary N) is 2. The topological polar surface area (TPSA) is 54.0 Å². The molecule has 0 radical (unpaired) electrons. The monoisotopic (exact) mass is 247 g/mol. The Kier molecular flexibility index (Phi) is 3.84. The number of nitrogens with zero attached hydrogens (tertiary/aromatic N) is 1. The van der Waals surface area contributed by atoms with E-state index in [1.54, 1.807) is 25.5 Å². The fourth-order valence-electron chi connectivity index (χ4n) is 2.49. The van der Waals surface area contributed by atoms with E-state index in [0.717, 1.165) is 18.7 Å². The van der Waals surface area contributed by atoms with Crippen LogP contribution in [-0.4, -0.2) is 24.5 Å². The van der Waals surface area contributed by atoms with Crippen molar-refractivity contribution in [3.05, 3.63) is 24.0 Å². The summed E-state index contributed by atoms with van der Waals surface area (Å²) >= 11 is 0. The maximum absolute atomic E-state index is 12.1. The molecule has 0 unspecified atom stereocenters. The summed E-state index contributed by atoms with van der Waals surface area (Å²) in [5.74, 6) is -0.0125. The highest BCUT2D eigenvalue weighted by Gasteiger charge is 2.35. The van der Waals surface area contributed by atoms with Gasteiger partial charge in [-0.3, -0.25) is 9.78 Å². The lowest BCUT2D eigenvalue weighted by atomic mass is 9.67. The maximum atomic E-state index is 12.1. The molecule has 1 heterocycles. The Morgan fingerprint density at radius 2 is 2.28 bits per heavy atom. The molecule has 4 heteroatoms. The number of rotatable bonds is 5. The number of carbonyl (C=O) groups is 1. The highest BCUT2D eigenvalue weighted by Crippen LogP contribution is 2.43. The standard InChI is InChI=1S/C14H21N3O/c1-3-14(6-4-7-14)10-17-13(18)11-5-8-16-9-12(11)15-2/h5,8-9,15H,3-4,6-7,10H2,1-2H3,(H,17,18). The van der Waals surface area contributed by atoms with Gasteiger partial charge in [-0.15, -0.1) is 0 Å². The van der Waals surface area contributed by atoms with Crippen LogP contribution in [0.2, 0.25) is 0 Å². The Balaban J connectivity index is 1.99. The largest absolute Gasteiger partial charge is 0.386 e. The molecular formula is C14H21N3O. The molecule has 0 spiro atoms. The van der Waals surface area contributed by atoms with Gasteiger partial charge in [0.1, 0.15) is 0 Å². The molecule has 1 fully saturated rings. The molecule has 1 aliphatic rings. The van der Waals surface area contributed by atoms with Crippen molar-refractivity contribution in [1.29, 1.82) is 0 Å². The van der Waals surface area contributed by atoms with E-state index in [-0.39, 0.29) is 5.91 Å². The van der Waals surface area contributed by atoms with Gasteiger partial charge >= 0.3 is 0 Å². The van der Waals surface area contributed by atoms with Crippen LogP contribution in [0, 0.1) is 5.41 Å². The summed E-state index contributed by atoms with van der Waals surface area (Å²) < 4.78 is 0. The molecule has 1 aromatic rings. The zero-order valence-corrected chi connectivity index (χ0v) is 11.1. The summed E-state index contributed by atoms with van der Waals surface area (Å²) in [6.45, 7) is 2.99. The minimum Gasteiger partial charge on any atom is -0.386 e. The van der Waals surface area contributed by atoms with Gasteiger partial charge in [0, 0.05) is 19.8 Å². The molecule has 0 atom stereocenters. The lowest BCUT2D eigenvalue weighted by Gasteiger charge is -2.41. The number of aromatic nitrogens is 1. The average Bonchev–Trinajstić information content (AvgIpc) is 2.37. The van der Waals surface area contributed by atoms with Gasteiger partial charge in [0.2, 0.25) is 0 Å². The van der Waals surface area contributed by atoms with Crippen molar-refractivity contribution in [2.75, 3.05) is 18.9 Å². The molecule has 4 nitrogen and oxygen atoms in total. The molecule has 2 N–H and O–H groups in total. The third kappa shape index (κ3) is 2.47. The van der Waals surface area contributed by atoms with Crippen molar-refractivity contribution < 1.29 is 4.79 Å². The highest BCUT2D eigenvalue weighted by molar-refractivity contribution is 5.99. The molecule has 0 aliphatic heterocycles. The number of pyridine rings is 1. The molecule has 0 bridgehead atoms. The van der Waals surface area contributed by atoms with Crippen LogP contribution in [0.25, 0.3) is 0 Å². The van der Waals surface area contributed by atoms with Crippen molar-refractivity contribution in [2.45, 2.75) is 32.6 Å². The maximum Gasteiger partial charge on any atom is 0.253 e. The van der Waals surface area contributed by atoms with Crippen molar-refractivity contribution in [3.8, 4) is 0 Å². The number of carbonyl (C=O) groups excluding carboxylic acids is 1. The molecule has 1 saturated carbocycles. The van der Waals surface area contributed by atoms with E-state index in [2.05, 4.69) is 22.5 Å². The molecule has 1 aliphatic carbocycles. The Hall–Kier alpha value is -1.58. The van der Waals surface area contributed by atoms with Crippen LogP contribution in [0.15, 0.2) is 18.5 Å². The van der Waals surface area contributed by atoms with Gasteiger partial charge < -0.3 is 10.6 Å². The van der Waals surface area contributed by atoms with Crippen molar-refractivity contribution >= 4 is 11.6 Å². The van der Waals surface area contributed by atoms with Crippen molar-refractivity contribution in [3.63, 3.8) is 0 Å². The smallest absolute Gasteiger partial charge is 0.253 e. The first-order valence-electron chi connectivity index (χ1n) is 6.61. The summed E-state index contributed by atoms with van der Waals surface area (Å²) in [5, 5.41) is 6.05. The third-order valence-electron chi connectivity index (χ3n) is 4.12. The van der Waals surface area contributed by atoms with Gasteiger partial charge in [0.05, 0.1) is 17.4 Å². The van der Waals surface area contributed by atoms with Gasteiger partial charge in [-0.2, -0.15) is 0 Å². The number of anilines is 1. The fourth-order valence-corrected chi connectivity index (χ4v) is 2.49. The van der Waals surface area contributed by atoms with E-state index in [1.807, 2.05) is 0 Å². The SMILES string of the molecule is CCC1(CNC(=O)c2ccncc2NC)CCC1. The minimum absolute atomic E-state index is 0.0125. The number of amides is 1. The van der Waals surface area contributed by atoms with Crippen LogP contribution in [0.3, 0.4) is 0 Å². The second-order valence-electron chi connectivity index (χ2n) is 5.06. The van der Waals surface area contributed by atoms with Gasteiger partial charge in [0.15, 0.2) is 0 Å². The summed E-state index contributed by atoms with van der Waals surface area (Å²) in [6, 6.07) is 1.75. The second-order valence-corrected chi connectivity index (χ2v) is 5.06. The third-order valence-corrected chi connectivity index (χ3v) is 4.12. The van der Waals surface area contributed by atoms with Crippen LogP contribution in [0.5, 0.6) is 0 Å². The Bertz CT molecular complexity index is 421. The first-order valence-corrected chi connectivity index (χ1v) is 6.61. The van der Waals surface area contributed by atoms with Crippen LogP contribution in [0.4, 0.5) is 5.69 Å². The van der Waals surface area contributed by atoms with E-state index in [1.165, 1.54) is 19.3 Å². The van der Waals surface area contributed by atoms with Gasteiger partial charge in [-0.1, -0.05) is 13.3 Å². The van der Waals surface area contributed by atoms with Crippen LogP contribution >= 0.6 is 0 Å². The lowest BCUT2D eigenvalue weighted by molar-refractivity contribution is 0.0850. The summed E-state index contributed by atoms with van der Waals surface area (Å²) in [5.41, 5.74) is 1.79. The second kappa shape index (κ2) is 5.38. The Labute approximate surface area is 108 Å². The van der Waals surface area contributed by atoms with Gasteiger partial charge in [-0.05, 0) is 30.7 Å². The van der Waals surface area contributed by atoms with Crippen LogP contribution in [-0.2, 0) is 0 Å². The normalized spacial score (nSPS) is 16.8. The lowest BCUT2D eigenvalue weighted by Crippen LogP contribution is -2.41. The first kappa shape index (κ1) is 12.9. The average molecular weight is 247 g/mol. The molecule has 0 saturated heterocycles. The van der Waals surface area contributed by atoms with Crippen LogP contribution < -0.4 is 10.6 Å². The molecule has 2 rings (SSSR count). The van der Waals surface area contributed by atoms with Gasteiger partial charge in [-0.25, -0.2) is 0 Å². The van der Waals surface area contributed by atoms with E-state index in [0.29, 0.717) is 11.0 Å². The van der Waals surface area contributed by atoms with Crippen molar-refractivity contribution in [2.24, 2.45) is 5.41 Å². The molecule has 1 aromatic heterocycles. The van der Waals surface area contributed by atoms with Crippen LogP contribution in [0.1, 0.15) is 43.0 Å². The summed E-state index contributed by atoms with van der Waals surface area (Å²) in [4.78, 5) is 16.2. The van der Waals surface area contributed by atoms with E-state index in [4.69, 9.17) is 0 Å². The van der Waals surface area contributed by atoms with E-state index >= 15 is 0 Å². The minimum atomic E-state index is -0.0125. The molecule has 0 aromatic carbocycles. The molecule has 1 amide bonds. The molecular weight excluding hydrogens is 226 g/mol.